The minimum absolute atomic E-state index is 0.317. The van der Waals surface area contributed by atoms with Gasteiger partial charge in [-0.05, 0) is 42.2 Å². The normalized spacial score (nSPS) is 24.3. The molecule has 23 heavy (non-hydrogen) atoms. The molecule has 0 spiro atoms. The first kappa shape index (κ1) is 12.9. The summed E-state index contributed by atoms with van der Waals surface area (Å²) >= 11 is 0. The fourth-order valence-corrected chi connectivity index (χ4v) is 4.11. The van der Waals surface area contributed by atoms with Gasteiger partial charge < -0.3 is 9.80 Å². The van der Waals surface area contributed by atoms with Gasteiger partial charge in [-0.3, -0.25) is 0 Å². The summed E-state index contributed by atoms with van der Waals surface area (Å²) in [6, 6.07) is 13.0. The third-order valence-corrected chi connectivity index (χ3v) is 5.18. The highest BCUT2D eigenvalue weighted by molar-refractivity contribution is 5.86. The molecule has 0 N–H and O–H groups in total. The maximum absolute atomic E-state index is 4.71. The summed E-state index contributed by atoms with van der Waals surface area (Å²) in [5.41, 5.74) is 5.36. The Morgan fingerprint density at radius 1 is 1.04 bits per heavy atom. The second kappa shape index (κ2) is 4.72. The standard InChI is InChI=1S/C20H19N3/c1-14-7-2-4-9-16(14)22-18-11-6-12-21-20(18)23-17-10-5-3-8-15(17)13-19(22)23/h2-6,8-12,14,19H,7,13H2,1H3. The highest BCUT2D eigenvalue weighted by Crippen LogP contribution is 2.51. The molecular weight excluding hydrogens is 282 g/mol. The Hall–Kier alpha value is -2.55. The van der Waals surface area contributed by atoms with Gasteiger partial charge in [0, 0.05) is 24.0 Å². The Kier molecular flexibility index (Phi) is 2.66. The molecule has 0 radical (unpaired) electrons. The Bertz CT molecular complexity index is 836. The minimum Gasteiger partial charge on any atom is -0.320 e. The van der Waals surface area contributed by atoms with Gasteiger partial charge in [-0.1, -0.05) is 37.3 Å². The number of pyridine rings is 1. The number of rotatable bonds is 1. The van der Waals surface area contributed by atoms with E-state index in [1.165, 1.54) is 22.6 Å². The quantitative estimate of drug-likeness (QED) is 0.778. The van der Waals surface area contributed by atoms with Crippen molar-refractivity contribution < 1.29 is 0 Å². The number of nitrogens with zero attached hydrogens (tertiary/aromatic N) is 3. The number of fused-ring (bicyclic) bond motifs is 5. The molecule has 0 saturated heterocycles. The fourth-order valence-electron chi connectivity index (χ4n) is 4.11. The van der Waals surface area contributed by atoms with Gasteiger partial charge in [0.2, 0.25) is 0 Å². The van der Waals surface area contributed by atoms with E-state index in [2.05, 4.69) is 65.3 Å². The molecule has 0 bridgehead atoms. The molecule has 1 aromatic heterocycles. The molecule has 3 heterocycles. The number of aromatic nitrogens is 1. The zero-order valence-corrected chi connectivity index (χ0v) is 13.2. The van der Waals surface area contributed by atoms with Crippen molar-refractivity contribution in [1.29, 1.82) is 0 Å². The van der Waals surface area contributed by atoms with Crippen molar-refractivity contribution in [1.82, 2.24) is 4.98 Å². The second-order valence-electron chi connectivity index (χ2n) is 6.56. The van der Waals surface area contributed by atoms with Crippen molar-refractivity contribution in [3.05, 3.63) is 72.1 Å². The van der Waals surface area contributed by atoms with E-state index in [0.717, 1.165) is 18.7 Å². The van der Waals surface area contributed by atoms with Crippen LogP contribution in [0.3, 0.4) is 0 Å². The molecular formula is C20H19N3. The molecule has 2 unspecified atom stereocenters. The topological polar surface area (TPSA) is 19.4 Å². The van der Waals surface area contributed by atoms with E-state index in [1.807, 2.05) is 12.3 Å². The number of hydrogen-bond acceptors (Lipinski definition) is 3. The van der Waals surface area contributed by atoms with Gasteiger partial charge in [0.25, 0.3) is 0 Å². The van der Waals surface area contributed by atoms with Gasteiger partial charge >= 0.3 is 0 Å². The number of benzene rings is 1. The summed E-state index contributed by atoms with van der Waals surface area (Å²) in [4.78, 5) is 9.63. The van der Waals surface area contributed by atoms with Crippen LogP contribution in [0.25, 0.3) is 0 Å². The Labute approximate surface area is 136 Å². The van der Waals surface area contributed by atoms with Crippen LogP contribution in [0, 0.1) is 5.92 Å². The second-order valence-corrected chi connectivity index (χ2v) is 6.56. The van der Waals surface area contributed by atoms with E-state index < -0.39 is 0 Å². The van der Waals surface area contributed by atoms with Crippen molar-refractivity contribution in [3.8, 4) is 0 Å². The van der Waals surface area contributed by atoms with Gasteiger partial charge in [-0.15, -0.1) is 0 Å². The lowest BCUT2D eigenvalue weighted by Gasteiger charge is -2.33. The maximum atomic E-state index is 4.71. The monoisotopic (exact) mass is 301 g/mol. The molecule has 114 valence electrons. The summed E-state index contributed by atoms with van der Waals surface area (Å²) in [5, 5.41) is 0. The molecule has 3 heteroatoms. The molecule has 5 rings (SSSR count). The van der Waals surface area contributed by atoms with Crippen molar-refractivity contribution in [2.45, 2.75) is 25.9 Å². The number of para-hydroxylation sites is 1. The zero-order chi connectivity index (χ0) is 15.4. The minimum atomic E-state index is 0.317. The van der Waals surface area contributed by atoms with E-state index >= 15 is 0 Å². The van der Waals surface area contributed by atoms with E-state index in [4.69, 9.17) is 4.98 Å². The average Bonchev–Trinajstić information content (AvgIpc) is 3.10. The summed E-state index contributed by atoms with van der Waals surface area (Å²) in [6.07, 6.45) is 11.1. The molecule has 0 saturated carbocycles. The van der Waals surface area contributed by atoms with Crippen LogP contribution in [0.2, 0.25) is 0 Å². The third-order valence-electron chi connectivity index (χ3n) is 5.18. The lowest BCUT2D eigenvalue weighted by atomic mass is 9.97. The van der Waals surface area contributed by atoms with Crippen LogP contribution in [0.4, 0.5) is 17.2 Å². The zero-order valence-electron chi connectivity index (χ0n) is 13.2. The van der Waals surface area contributed by atoms with E-state index in [-0.39, 0.29) is 0 Å². The van der Waals surface area contributed by atoms with Crippen LogP contribution in [-0.2, 0) is 6.42 Å². The van der Waals surface area contributed by atoms with Crippen molar-refractivity contribution >= 4 is 17.2 Å². The largest absolute Gasteiger partial charge is 0.320 e. The van der Waals surface area contributed by atoms with Gasteiger partial charge in [0.15, 0.2) is 5.82 Å². The van der Waals surface area contributed by atoms with Gasteiger partial charge in [0.1, 0.15) is 6.17 Å². The molecule has 2 aliphatic heterocycles. The van der Waals surface area contributed by atoms with Crippen LogP contribution in [0.1, 0.15) is 18.9 Å². The Balaban J connectivity index is 1.70. The predicted molar refractivity (Wildman–Crippen MR) is 93.8 cm³/mol. The summed E-state index contributed by atoms with van der Waals surface area (Å²) in [7, 11) is 0. The van der Waals surface area contributed by atoms with E-state index in [1.54, 1.807) is 0 Å². The van der Waals surface area contributed by atoms with Crippen LogP contribution in [0.5, 0.6) is 0 Å². The van der Waals surface area contributed by atoms with Crippen LogP contribution in [0.15, 0.2) is 66.5 Å². The van der Waals surface area contributed by atoms with Gasteiger partial charge in [0.05, 0.1) is 5.69 Å². The summed E-state index contributed by atoms with van der Waals surface area (Å²) in [6.45, 7) is 2.32. The van der Waals surface area contributed by atoms with Crippen molar-refractivity contribution in [3.63, 3.8) is 0 Å². The van der Waals surface area contributed by atoms with Crippen LogP contribution >= 0.6 is 0 Å². The predicted octanol–water partition coefficient (Wildman–Crippen LogP) is 4.40. The highest BCUT2D eigenvalue weighted by atomic mass is 15.5. The third kappa shape index (κ3) is 1.73. The molecule has 2 aromatic rings. The van der Waals surface area contributed by atoms with E-state index in [0.29, 0.717) is 12.1 Å². The van der Waals surface area contributed by atoms with Crippen LogP contribution < -0.4 is 9.80 Å². The number of allylic oxidation sites excluding steroid dienone is 4. The molecule has 1 aliphatic carbocycles. The molecule has 3 nitrogen and oxygen atoms in total. The molecule has 3 aliphatic rings. The Morgan fingerprint density at radius 2 is 1.91 bits per heavy atom. The first-order valence-corrected chi connectivity index (χ1v) is 8.32. The average molecular weight is 301 g/mol. The number of anilines is 3. The SMILES string of the molecule is CC1CC=CC=C1N1c2cccnc2N2c3ccccc3CC12. The summed E-state index contributed by atoms with van der Waals surface area (Å²) in [5.74, 6) is 1.63. The van der Waals surface area contributed by atoms with Crippen molar-refractivity contribution in [2.75, 3.05) is 9.80 Å². The number of hydrogen-bond donors (Lipinski definition) is 0. The smallest absolute Gasteiger partial charge is 0.158 e. The molecule has 0 fully saturated rings. The lowest BCUT2D eigenvalue weighted by molar-refractivity contribution is 0.601. The van der Waals surface area contributed by atoms with Crippen LogP contribution in [-0.4, -0.2) is 11.1 Å². The van der Waals surface area contributed by atoms with Gasteiger partial charge in [-0.25, -0.2) is 4.98 Å². The van der Waals surface area contributed by atoms with Gasteiger partial charge in [-0.2, -0.15) is 0 Å². The first-order chi connectivity index (χ1) is 11.3. The van der Waals surface area contributed by atoms with Crippen molar-refractivity contribution in [2.24, 2.45) is 5.92 Å². The maximum Gasteiger partial charge on any atom is 0.158 e. The molecule has 2 atom stereocenters. The molecule has 0 amide bonds. The highest BCUT2D eigenvalue weighted by Gasteiger charge is 2.44. The lowest BCUT2D eigenvalue weighted by Crippen LogP contribution is -2.40. The first-order valence-electron chi connectivity index (χ1n) is 8.32. The Morgan fingerprint density at radius 3 is 2.83 bits per heavy atom. The molecule has 1 aromatic carbocycles. The summed E-state index contributed by atoms with van der Waals surface area (Å²) < 4.78 is 0. The fraction of sp³-hybridized carbons (Fsp3) is 0.250. The van der Waals surface area contributed by atoms with E-state index in [9.17, 15) is 0 Å².